The van der Waals surface area contributed by atoms with Gasteiger partial charge in [-0.25, -0.2) is 4.79 Å². The Morgan fingerprint density at radius 1 is 1.37 bits per heavy atom. The molecular weight excluding hydrogens is 244 g/mol. The summed E-state index contributed by atoms with van der Waals surface area (Å²) >= 11 is 0. The molecule has 0 radical (unpaired) electrons. The minimum Gasteiger partial charge on any atom is -0.480 e. The number of carboxylic acids is 1. The molecule has 0 bridgehead atoms. The van der Waals surface area contributed by atoms with Gasteiger partial charge >= 0.3 is 5.97 Å². The van der Waals surface area contributed by atoms with E-state index >= 15 is 0 Å². The molecule has 2 rings (SSSR count). The molecule has 5 heteroatoms. The SMILES string of the molecule is CNCCC(=O)N1Cc2ccccc2CC1C(=O)O. The van der Waals surface area contributed by atoms with Gasteiger partial charge in [-0.2, -0.15) is 0 Å². The number of nitrogens with zero attached hydrogens (tertiary/aromatic N) is 1. The Morgan fingerprint density at radius 3 is 2.68 bits per heavy atom. The van der Waals surface area contributed by atoms with E-state index in [2.05, 4.69) is 5.32 Å². The quantitative estimate of drug-likeness (QED) is 0.835. The summed E-state index contributed by atoms with van der Waals surface area (Å²) in [5.74, 6) is -1.05. The minimum absolute atomic E-state index is 0.115. The van der Waals surface area contributed by atoms with Gasteiger partial charge in [-0.3, -0.25) is 4.79 Å². The number of hydrogen-bond acceptors (Lipinski definition) is 3. The lowest BCUT2D eigenvalue weighted by Crippen LogP contribution is -2.49. The molecule has 0 aromatic heterocycles. The van der Waals surface area contributed by atoms with Gasteiger partial charge in [-0.05, 0) is 18.2 Å². The van der Waals surface area contributed by atoms with Gasteiger partial charge in [0, 0.05) is 25.9 Å². The average Bonchev–Trinajstić information content (AvgIpc) is 2.43. The van der Waals surface area contributed by atoms with Gasteiger partial charge in [-0.1, -0.05) is 24.3 Å². The molecule has 5 nitrogen and oxygen atoms in total. The first kappa shape index (κ1) is 13.5. The van der Waals surface area contributed by atoms with Crippen molar-refractivity contribution in [3.05, 3.63) is 35.4 Å². The van der Waals surface area contributed by atoms with E-state index in [1.165, 1.54) is 4.90 Å². The fraction of sp³-hybridized carbons (Fsp3) is 0.429. The maximum atomic E-state index is 12.1. The fourth-order valence-electron chi connectivity index (χ4n) is 2.38. The van der Waals surface area contributed by atoms with Crippen LogP contribution in [0.2, 0.25) is 0 Å². The smallest absolute Gasteiger partial charge is 0.326 e. The largest absolute Gasteiger partial charge is 0.480 e. The molecule has 0 aliphatic carbocycles. The van der Waals surface area contributed by atoms with E-state index in [4.69, 9.17) is 0 Å². The van der Waals surface area contributed by atoms with Crippen LogP contribution in [0.4, 0.5) is 0 Å². The number of amides is 1. The first-order valence-electron chi connectivity index (χ1n) is 6.37. The van der Waals surface area contributed by atoms with Crippen molar-refractivity contribution in [3.63, 3.8) is 0 Å². The Kier molecular flexibility index (Phi) is 4.16. The molecule has 1 aromatic carbocycles. The molecule has 1 unspecified atom stereocenters. The van der Waals surface area contributed by atoms with Crippen molar-refractivity contribution in [1.82, 2.24) is 10.2 Å². The van der Waals surface area contributed by atoms with E-state index in [1.54, 1.807) is 7.05 Å². The van der Waals surface area contributed by atoms with Gasteiger partial charge in [0.2, 0.25) is 5.91 Å². The highest BCUT2D eigenvalue weighted by Gasteiger charge is 2.33. The third kappa shape index (κ3) is 2.93. The van der Waals surface area contributed by atoms with Crippen molar-refractivity contribution in [2.75, 3.05) is 13.6 Å². The summed E-state index contributed by atoms with van der Waals surface area (Å²) in [4.78, 5) is 24.9. The highest BCUT2D eigenvalue weighted by atomic mass is 16.4. The molecule has 0 saturated heterocycles. The molecule has 0 spiro atoms. The monoisotopic (exact) mass is 262 g/mol. The normalized spacial score (nSPS) is 17.9. The summed E-state index contributed by atoms with van der Waals surface area (Å²) in [6, 6.07) is 6.94. The summed E-state index contributed by atoms with van der Waals surface area (Å²) in [5.41, 5.74) is 2.06. The van der Waals surface area contributed by atoms with Crippen LogP contribution in [-0.2, 0) is 22.6 Å². The number of rotatable bonds is 4. The zero-order valence-corrected chi connectivity index (χ0v) is 10.9. The summed E-state index contributed by atoms with van der Waals surface area (Å²) in [6.07, 6.45) is 0.708. The molecule has 0 saturated carbocycles. The molecule has 19 heavy (non-hydrogen) atoms. The topological polar surface area (TPSA) is 69.6 Å². The zero-order valence-electron chi connectivity index (χ0n) is 10.9. The molecule has 102 valence electrons. The predicted octanol–water partition coefficient (Wildman–Crippen LogP) is 0.634. The Bertz CT molecular complexity index is 487. The Labute approximate surface area is 112 Å². The first-order chi connectivity index (χ1) is 9.13. The van der Waals surface area contributed by atoms with Crippen LogP contribution in [0.3, 0.4) is 0 Å². The Balaban J connectivity index is 2.21. The second-order valence-electron chi connectivity index (χ2n) is 4.70. The third-order valence-electron chi connectivity index (χ3n) is 3.44. The number of carboxylic acid groups (broad SMARTS) is 1. The molecule has 1 aromatic rings. The van der Waals surface area contributed by atoms with Gasteiger partial charge in [0.1, 0.15) is 6.04 Å². The van der Waals surface area contributed by atoms with Crippen molar-refractivity contribution in [2.24, 2.45) is 0 Å². The number of carbonyl (C=O) groups excluding carboxylic acids is 1. The summed E-state index contributed by atoms with van der Waals surface area (Å²) in [6.45, 7) is 0.943. The lowest BCUT2D eigenvalue weighted by atomic mass is 9.93. The molecule has 1 atom stereocenters. The molecular formula is C14H18N2O3. The number of nitrogens with one attached hydrogen (secondary N) is 1. The average molecular weight is 262 g/mol. The molecule has 0 fully saturated rings. The van der Waals surface area contributed by atoms with Crippen LogP contribution < -0.4 is 5.32 Å². The van der Waals surface area contributed by atoms with Crippen LogP contribution in [0.25, 0.3) is 0 Å². The highest BCUT2D eigenvalue weighted by Crippen LogP contribution is 2.24. The van der Waals surface area contributed by atoms with Crippen molar-refractivity contribution < 1.29 is 14.7 Å². The zero-order chi connectivity index (χ0) is 13.8. The number of hydrogen-bond donors (Lipinski definition) is 2. The van der Waals surface area contributed by atoms with Crippen LogP contribution in [0.1, 0.15) is 17.5 Å². The van der Waals surface area contributed by atoms with Gasteiger partial charge in [0.05, 0.1) is 0 Å². The van der Waals surface area contributed by atoms with E-state index in [9.17, 15) is 14.7 Å². The maximum absolute atomic E-state index is 12.1. The number of benzene rings is 1. The highest BCUT2D eigenvalue weighted by molar-refractivity contribution is 5.84. The Morgan fingerprint density at radius 2 is 2.05 bits per heavy atom. The number of aliphatic carboxylic acids is 1. The van der Waals surface area contributed by atoms with E-state index in [0.29, 0.717) is 25.9 Å². The molecule has 1 aliphatic heterocycles. The minimum atomic E-state index is -0.938. The second-order valence-corrected chi connectivity index (χ2v) is 4.70. The lowest BCUT2D eigenvalue weighted by molar-refractivity contribution is -0.151. The van der Waals surface area contributed by atoms with Crippen LogP contribution in [0, 0.1) is 0 Å². The maximum Gasteiger partial charge on any atom is 0.326 e. The van der Waals surface area contributed by atoms with Gasteiger partial charge in [0.25, 0.3) is 0 Å². The van der Waals surface area contributed by atoms with Crippen molar-refractivity contribution >= 4 is 11.9 Å². The first-order valence-corrected chi connectivity index (χ1v) is 6.37. The molecule has 2 N–H and O–H groups in total. The van der Waals surface area contributed by atoms with E-state index < -0.39 is 12.0 Å². The van der Waals surface area contributed by atoms with Gasteiger partial charge in [0.15, 0.2) is 0 Å². The van der Waals surface area contributed by atoms with Crippen molar-refractivity contribution in [3.8, 4) is 0 Å². The van der Waals surface area contributed by atoms with Crippen molar-refractivity contribution in [1.29, 1.82) is 0 Å². The van der Waals surface area contributed by atoms with Crippen LogP contribution in [0.5, 0.6) is 0 Å². The fourth-order valence-corrected chi connectivity index (χ4v) is 2.38. The lowest BCUT2D eigenvalue weighted by Gasteiger charge is -2.34. The second kappa shape index (κ2) is 5.84. The van der Waals surface area contributed by atoms with E-state index in [0.717, 1.165) is 11.1 Å². The summed E-state index contributed by atoms with van der Waals surface area (Å²) in [7, 11) is 1.77. The molecule has 1 aliphatic rings. The third-order valence-corrected chi connectivity index (χ3v) is 3.44. The van der Waals surface area contributed by atoms with Crippen molar-refractivity contribution in [2.45, 2.75) is 25.4 Å². The molecule has 1 heterocycles. The van der Waals surface area contributed by atoms with Crippen LogP contribution in [-0.4, -0.2) is 41.5 Å². The Hall–Kier alpha value is -1.88. The number of fused-ring (bicyclic) bond motifs is 1. The van der Waals surface area contributed by atoms with E-state index in [1.807, 2.05) is 24.3 Å². The predicted molar refractivity (Wildman–Crippen MR) is 70.7 cm³/mol. The van der Waals surface area contributed by atoms with E-state index in [-0.39, 0.29) is 5.91 Å². The van der Waals surface area contributed by atoms with Gasteiger partial charge in [-0.15, -0.1) is 0 Å². The number of carbonyl (C=O) groups is 2. The van der Waals surface area contributed by atoms with Crippen LogP contribution in [0.15, 0.2) is 24.3 Å². The standard InChI is InChI=1S/C14H18N2O3/c1-15-7-6-13(17)16-9-11-5-3-2-4-10(11)8-12(16)14(18)19/h2-5,12,15H,6-9H2,1H3,(H,18,19). The molecule has 1 amide bonds. The summed E-state index contributed by atoms with van der Waals surface area (Å²) in [5, 5.41) is 12.2. The summed E-state index contributed by atoms with van der Waals surface area (Å²) < 4.78 is 0. The van der Waals surface area contributed by atoms with Crippen LogP contribution >= 0.6 is 0 Å². The van der Waals surface area contributed by atoms with Gasteiger partial charge < -0.3 is 15.3 Å².